The maximum absolute atomic E-state index is 4.34. The average molecular weight is 177 g/mol. The van der Waals surface area contributed by atoms with Crippen molar-refractivity contribution in [3.8, 4) is 0 Å². The minimum Gasteiger partial charge on any atom is -0.342 e. The van der Waals surface area contributed by atoms with Crippen molar-refractivity contribution in [3.05, 3.63) is 24.6 Å². The van der Waals surface area contributed by atoms with Gasteiger partial charge in [0.05, 0.1) is 0 Å². The van der Waals surface area contributed by atoms with Crippen molar-refractivity contribution in [2.24, 2.45) is 4.99 Å². The maximum Gasteiger partial charge on any atom is 0.202 e. The Labute approximate surface area is 78.8 Å². The highest BCUT2D eigenvalue weighted by molar-refractivity contribution is 5.81. The van der Waals surface area contributed by atoms with Crippen LogP contribution in [0.15, 0.2) is 29.5 Å². The summed E-state index contributed by atoms with van der Waals surface area (Å²) in [4.78, 5) is 6.64. The van der Waals surface area contributed by atoms with E-state index in [-0.39, 0.29) is 0 Å². The minimum atomic E-state index is 0.990. The zero-order chi connectivity index (χ0) is 8.93. The van der Waals surface area contributed by atoms with Crippen molar-refractivity contribution in [2.45, 2.75) is 19.3 Å². The Morgan fingerprint density at radius 1 is 1.15 bits per heavy atom. The molecule has 70 valence electrons. The molecule has 0 unspecified atom stereocenters. The fourth-order valence-corrected chi connectivity index (χ4v) is 1.66. The van der Waals surface area contributed by atoms with Crippen LogP contribution in [-0.2, 0) is 0 Å². The Bertz CT molecular complexity index is 247. The third kappa shape index (κ3) is 2.11. The summed E-state index contributed by atoms with van der Waals surface area (Å²) in [5, 5.41) is 3.18. The summed E-state index contributed by atoms with van der Waals surface area (Å²) in [6, 6.07) is 0. The fraction of sp³-hybridized carbons (Fsp3) is 0.500. The number of hydrogen-bond donors (Lipinski definition) is 1. The molecule has 2 aliphatic rings. The van der Waals surface area contributed by atoms with Gasteiger partial charge in [-0.05, 0) is 31.4 Å². The Morgan fingerprint density at radius 2 is 2.00 bits per heavy atom. The van der Waals surface area contributed by atoms with E-state index in [9.17, 15) is 0 Å². The molecule has 2 rings (SSSR count). The van der Waals surface area contributed by atoms with E-state index < -0.39 is 0 Å². The molecule has 0 amide bonds. The second-order valence-electron chi connectivity index (χ2n) is 3.35. The van der Waals surface area contributed by atoms with Crippen LogP contribution < -0.4 is 5.32 Å². The van der Waals surface area contributed by atoms with E-state index in [1.807, 2.05) is 24.6 Å². The molecule has 3 nitrogen and oxygen atoms in total. The second kappa shape index (κ2) is 4.12. The molecular weight excluding hydrogens is 162 g/mol. The summed E-state index contributed by atoms with van der Waals surface area (Å²) < 4.78 is 0. The molecule has 0 spiro atoms. The van der Waals surface area contributed by atoms with Crippen LogP contribution in [0.3, 0.4) is 0 Å². The van der Waals surface area contributed by atoms with Gasteiger partial charge < -0.3 is 10.2 Å². The zero-order valence-electron chi connectivity index (χ0n) is 7.74. The molecule has 2 heterocycles. The van der Waals surface area contributed by atoms with E-state index in [1.165, 1.54) is 19.3 Å². The van der Waals surface area contributed by atoms with Gasteiger partial charge in [-0.25, -0.2) is 4.99 Å². The highest BCUT2D eigenvalue weighted by atomic mass is 15.3. The van der Waals surface area contributed by atoms with Gasteiger partial charge in [-0.2, -0.15) is 0 Å². The standard InChI is InChI=1S/C10H15N3/c1-4-8-13(9-5-1)10-11-6-2-3-7-12-10/h2-3,6-7H,1,4-5,8-9H2,(H,11,12). The number of nitrogens with one attached hydrogen (secondary N) is 1. The predicted octanol–water partition coefficient (Wildman–Crippen LogP) is 1.46. The van der Waals surface area contributed by atoms with Gasteiger partial charge >= 0.3 is 0 Å². The molecule has 0 saturated carbocycles. The van der Waals surface area contributed by atoms with Crippen LogP contribution in [0.25, 0.3) is 0 Å². The van der Waals surface area contributed by atoms with Gasteiger partial charge in [0.1, 0.15) is 0 Å². The molecule has 13 heavy (non-hydrogen) atoms. The largest absolute Gasteiger partial charge is 0.342 e. The average Bonchev–Trinajstić information content (AvgIpc) is 2.47. The summed E-state index contributed by atoms with van der Waals surface area (Å²) in [5.41, 5.74) is 0. The second-order valence-corrected chi connectivity index (χ2v) is 3.35. The number of piperidine rings is 1. The topological polar surface area (TPSA) is 27.6 Å². The fourth-order valence-electron chi connectivity index (χ4n) is 1.66. The van der Waals surface area contributed by atoms with Gasteiger partial charge in [0.2, 0.25) is 5.96 Å². The van der Waals surface area contributed by atoms with Crippen LogP contribution in [0, 0.1) is 0 Å². The first kappa shape index (κ1) is 8.35. The summed E-state index contributed by atoms with van der Waals surface area (Å²) in [5.74, 6) is 0.990. The number of allylic oxidation sites excluding steroid dienone is 2. The number of aliphatic imine (C=N–C) groups is 1. The molecule has 0 aliphatic carbocycles. The first-order chi connectivity index (χ1) is 6.47. The lowest BCUT2D eigenvalue weighted by Crippen LogP contribution is -2.41. The lowest BCUT2D eigenvalue weighted by molar-refractivity contribution is 0.335. The molecular formula is C10H15N3. The van der Waals surface area contributed by atoms with Gasteiger partial charge in [-0.1, -0.05) is 0 Å². The molecule has 1 N–H and O–H groups in total. The summed E-state index contributed by atoms with van der Waals surface area (Å²) >= 11 is 0. The smallest absolute Gasteiger partial charge is 0.202 e. The summed E-state index contributed by atoms with van der Waals surface area (Å²) in [6.45, 7) is 2.26. The van der Waals surface area contributed by atoms with Crippen molar-refractivity contribution in [1.82, 2.24) is 10.2 Å². The molecule has 2 aliphatic heterocycles. The maximum atomic E-state index is 4.34. The molecule has 0 aromatic rings. The molecule has 0 aromatic carbocycles. The minimum absolute atomic E-state index is 0.990. The normalized spacial score (nSPS) is 22.2. The third-order valence-electron chi connectivity index (χ3n) is 2.36. The number of nitrogens with zero attached hydrogens (tertiary/aromatic N) is 2. The number of guanidine groups is 1. The van der Waals surface area contributed by atoms with Crippen molar-refractivity contribution >= 4 is 5.96 Å². The van der Waals surface area contributed by atoms with E-state index in [2.05, 4.69) is 15.2 Å². The first-order valence-electron chi connectivity index (χ1n) is 4.88. The number of likely N-dealkylation sites (tertiary alicyclic amines) is 1. The first-order valence-corrected chi connectivity index (χ1v) is 4.88. The van der Waals surface area contributed by atoms with Gasteiger partial charge in [-0.3, -0.25) is 0 Å². The number of hydrogen-bond acceptors (Lipinski definition) is 3. The SMILES string of the molecule is C1=CN=C(N2CCCCC2)NC=C1. The molecule has 0 radical (unpaired) electrons. The van der Waals surface area contributed by atoms with Crippen molar-refractivity contribution < 1.29 is 0 Å². The van der Waals surface area contributed by atoms with Gasteiger partial charge in [0.15, 0.2) is 0 Å². The van der Waals surface area contributed by atoms with Gasteiger partial charge in [0.25, 0.3) is 0 Å². The van der Waals surface area contributed by atoms with Gasteiger partial charge in [0, 0.05) is 25.5 Å². The predicted molar refractivity (Wildman–Crippen MR) is 54.3 cm³/mol. The van der Waals surface area contributed by atoms with E-state index >= 15 is 0 Å². The Morgan fingerprint density at radius 3 is 2.85 bits per heavy atom. The van der Waals surface area contributed by atoms with E-state index in [1.54, 1.807) is 0 Å². The zero-order valence-corrected chi connectivity index (χ0v) is 7.74. The van der Waals surface area contributed by atoms with Crippen LogP contribution in [0.5, 0.6) is 0 Å². The molecule has 1 fully saturated rings. The lowest BCUT2D eigenvalue weighted by atomic mass is 10.1. The monoisotopic (exact) mass is 177 g/mol. The van der Waals surface area contributed by atoms with Crippen LogP contribution in [0.1, 0.15) is 19.3 Å². The van der Waals surface area contributed by atoms with Crippen molar-refractivity contribution in [3.63, 3.8) is 0 Å². The molecule has 3 heteroatoms. The molecule has 0 atom stereocenters. The van der Waals surface area contributed by atoms with Crippen LogP contribution in [0.4, 0.5) is 0 Å². The van der Waals surface area contributed by atoms with Gasteiger partial charge in [-0.15, -0.1) is 0 Å². The van der Waals surface area contributed by atoms with Crippen molar-refractivity contribution in [2.75, 3.05) is 13.1 Å². The van der Waals surface area contributed by atoms with Crippen LogP contribution in [0.2, 0.25) is 0 Å². The molecule has 0 bridgehead atoms. The van der Waals surface area contributed by atoms with Crippen LogP contribution in [-0.4, -0.2) is 23.9 Å². The van der Waals surface area contributed by atoms with E-state index in [0.29, 0.717) is 0 Å². The quantitative estimate of drug-likeness (QED) is 0.606. The summed E-state index contributed by atoms with van der Waals surface area (Å²) in [7, 11) is 0. The summed E-state index contributed by atoms with van der Waals surface area (Å²) in [6.07, 6.45) is 11.6. The Balaban J connectivity index is 2.01. The Kier molecular flexibility index (Phi) is 2.65. The van der Waals surface area contributed by atoms with E-state index in [4.69, 9.17) is 0 Å². The lowest BCUT2D eigenvalue weighted by Gasteiger charge is -2.28. The van der Waals surface area contributed by atoms with Crippen LogP contribution >= 0.6 is 0 Å². The Hall–Kier alpha value is -1.25. The molecule has 1 saturated heterocycles. The highest BCUT2D eigenvalue weighted by Gasteiger charge is 2.13. The highest BCUT2D eigenvalue weighted by Crippen LogP contribution is 2.09. The molecule has 0 aromatic heterocycles. The van der Waals surface area contributed by atoms with E-state index in [0.717, 1.165) is 19.0 Å². The van der Waals surface area contributed by atoms with Crippen molar-refractivity contribution in [1.29, 1.82) is 0 Å². The number of rotatable bonds is 0. The third-order valence-corrected chi connectivity index (χ3v) is 2.36.